The van der Waals surface area contributed by atoms with Gasteiger partial charge < -0.3 is 5.32 Å². The van der Waals surface area contributed by atoms with Crippen molar-refractivity contribution in [3.8, 4) is 0 Å². The maximum Gasteiger partial charge on any atom is 0.404 e. The summed E-state index contributed by atoms with van der Waals surface area (Å²) in [5.74, 6) is -0.657. The van der Waals surface area contributed by atoms with Crippen molar-refractivity contribution in [2.75, 3.05) is 5.32 Å². The second kappa shape index (κ2) is 9.10. The zero-order chi connectivity index (χ0) is 20.0. The molecule has 0 fully saturated rings. The Labute approximate surface area is 163 Å². The molecule has 0 saturated carbocycles. The van der Waals surface area contributed by atoms with Gasteiger partial charge in [-0.05, 0) is 42.7 Å². The summed E-state index contributed by atoms with van der Waals surface area (Å²) in [5.41, 5.74) is 1.18. The highest BCUT2D eigenvalue weighted by Crippen LogP contribution is 2.28. The standard InChI is InChI=1S/C18H15Cl2F3N2O2/c19-14-4-2-1-3-13(14)16(26)25-17(27)24-12-8-5-11(6-9-12)7-10-15(20)18(21,22)23/h1-6,8-9,15H,7,10H2,(H2,24,25,26,27). The monoisotopic (exact) mass is 418 g/mol. The minimum atomic E-state index is -4.44. The maximum absolute atomic E-state index is 12.4. The lowest BCUT2D eigenvalue weighted by molar-refractivity contribution is -0.131. The lowest BCUT2D eigenvalue weighted by Gasteiger charge is -2.13. The molecular weight excluding hydrogens is 404 g/mol. The van der Waals surface area contributed by atoms with Gasteiger partial charge in [0, 0.05) is 5.69 Å². The Kier molecular flexibility index (Phi) is 7.10. The van der Waals surface area contributed by atoms with Crippen LogP contribution in [-0.2, 0) is 6.42 Å². The van der Waals surface area contributed by atoms with E-state index in [1.54, 1.807) is 24.3 Å². The molecule has 0 radical (unpaired) electrons. The van der Waals surface area contributed by atoms with Crippen molar-refractivity contribution in [2.24, 2.45) is 0 Å². The van der Waals surface area contributed by atoms with Gasteiger partial charge in [0.25, 0.3) is 5.91 Å². The van der Waals surface area contributed by atoms with Crippen LogP contribution >= 0.6 is 23.2 Å². The van der Waals surface area contributed by atoms with Crippen molar-refractivity contribution in [1.82, 2.24) is 5.32 Å². The zero-order valence-electron chi connectivity index (χ0n) is 13.8. The lowest BCUT2D eigenvalue weighted by atomic mass is 10.1. The highest BCUT2D eigenvalue weighted by Gasteiger charge is 2.37. The highest BCUT2D eigenvalue weighted by molar-refractivity contribution is 6.34. The van der Waals surface area contributed by atoms with Crippen molar-refractivity contribution in [1.29, 1.82) is 0 Å². The van der Waals surface area contributed by atoms with E-state index in [1.807, 2.05) is 0 Å². The average molecular weight is 419 g/mol. The summed E-state index contributed by atoms with van der Waals surface area (Å²) in [6, 6.07) is 11.7. The van der Waals surface area contributed by atoms with Crippen LogP contribution in [0, 0.1) is 0 Å². The number of amides is 3. The van der Waals surface area contributed by atoms with Crippen LogP contribution in [0.2, 0.25) is 5.02 Å². The molecule has 2 aromatic rings. The number of imide groups is 1. The average Bonchev–Trinajstić information content (AvgIpc) is 2.60. The third-order valence-corrected chi connectivity index (χ3v) is 4.39. The van der Waals surface area contributed by atoms with Gasteiger partial charge in [-0.2, -0.15) is 13.2 Å². The van der Waals surface area contributed by atoms with Crippen molar-refractivity contribution in [3.05, 3.63) is 64.7 Å². The van der Waals surface area contributed by atoms with E-state index in [0.717, 1.165) is 0 Å². The number of carbonyl (C=O) groups is 2. The van der Waals surface area contributed by atoms with Gasteiger partial charge >= 0.3 is 12.2 Å². The molecule has 1 unspecified atom stereocenters. The third kappa shape index (κ3) is 6.45. The molecule has 2 rings (SSSR count). The minimum absolute atomic E-state index is 0.144. The van der Waals surface area contributed by atoms with E-state index in [2.05, 4.69) is 10.6 Å². The molecule has 0 spiro atoms. The Bertz CT molecular complexity index is 811. The number of aryl methyl sites for hydroxylation is 1. The van der Waals surface area contributed by atoms with Crippen LogP contribution in [0.25, 0.3) is 0 Å². The molecule has 27 heavy (non-hydrogen) atoms. The fourth-order valence-electron chi connectivity index (χ4n) is 2.19. The first-order valence-corrected chi connectivity index (χ1v) is 8.65. The normalized spacial score (nSPS) is 12.3. The van der Waals surface area contributed by atoms with Gasteiger partial charge in [0.1, 0.15) is 5.38 Å². The quantitative estimate of drug-likeness (QED) is 0.638. The SMILES string of the molecule is O=C(NC(=O)c1ccccc1Cl)Nc1ccc(CCC(Cl)C(F)(F)F)cc1. The minimum Gasteiger partial charge on any atom is -0.308 e. The van der Waals surface area contributed by atoms with E-state index in [1.165, 1.54) is 24.3 Å². The number of nitrogens with one attached hydrogen (secondary N) is 2. The molecule has 1 atom stereocenters. The first-order valence-electron chi connectivity index (χ1n) is 7.83. The van der Waals surface area contributed by atoms with Crippen LogP contribution < -0.4 is 10.6 Å². The van der Waals surface area contributed by atoms with Gasteiger partial charge in [-0.3, -0.25) is 10.1 Å². The molecule has 0 aliphatic heterocycles. The van der Waals surface area contributed by atoms with Gasteiger partial charge in [-0.15, -0.1) is 11.6 Å². The largest absolute Gasteiger partial charge is 0.404 e. The smallest absolute Gasteiger partial charge is 0.308 e. The fourth-order valence-corrected chi connectivity index (χ4v) is 2.52. The Hall–Kier alpha value is -2.25. The van der Waals surface area contributed by atoms with Crippen LogP contribution in [0.3, 0.4) is 0 Å². The molecule has 0 aromatic heterocycles. The highest BCUT2D eigenvalue weighted by atomic mass is 35.5. The van der Waals surface area contributed by atoms with Gasteiger partial charge in [0.2, 0.25) is 0 Å². The number of anilines is 1. The second-order valence-electron chi connectivity index (χ2n) is 5.63. The molecule has 9 heteroatoms. The van der Waals surface area contributed by atoms with Crippen LogP contribution in [0.5, 0.6) is 0 Å². The van der Waals surface area contributed by atoms with Crippen LogP contribution in [0.4, 0.5) is 23.7 Å². The number of hydrogen-bond donors (Lipinski definition) is 2. The summed E-state index contributed by atoms with van der Waals surface area (Å²) in [4.78, 5) is 23.9. The molecule has 0 aliphatic carbocycles. The summed E-state index contributed by atoms with van der Waals surface area (Å²) in [5, 5.41) is 2.91. The van der Waals surface area contributed by atoms with E-state index >= 15 is 0 Å². The van der Waals surface area contributed by atoms with E-state index in [0.29, 0.717) is 11.3 Å². The predicted octanol–water partition coefficient (Wildman–Crippen LogP) is 5.40. The summed E-state index contributed by atoms with van der Waals surface area (Å²) >= 11 is 11.2. The van der Waals surface area contributed by atoms with Gasteiger partial charge in [-0.1, -0.05) is 35.9 Å². The summed E-state index contributed by atoms with van der Waals surface area (Å²) in [6.45, 7) is 0. The number of urea groups is 1. The maximum atomic E-state index is 12.4. The van der Waals surface area contributed by atoms with Crippen molar-refractivity contribution < 1.29 is 22.8 Å². The molecule has 2 N–H and O–H groups in total. The summed E-state index contributed by atoms with van der Waals surface area (Å²) in [6.07, 6.45) is -4.54. The Balaban J connectivity index is 1.88. The van der Waals surface area contributed by atoms with Gasteiger partial charge in [0.15, 0.2) is 0 Å². The topological polar surface area (TPSA) is 58.2 Å². The van der Waals surface area contributed by atoms with E-state index in [4.69, 9.17) is 23.2 Å². The van der Waals surface area contributed by atoms with Gasteiger partial charge in [0.05, 0.1) is 10.6 Å². The van der Waals surface area contributed by atoms with Gasteiger partial charge in [-0.25, -0.2) is 4.79 Å². The second-order valence-corrected chi connectivity index (χ2v) is 6.57. The predicted molar refractivity (Wildman–Crippen MR) is 98.4 cm³/mol. The summed E-state index contributed by atoms with van der Waals surface area (Å²) in [7, 11) is 0. The van der Waals surface area contributed by atoms with Crippen LogP contribution in [-0.4, -0.2) is 23.5 Å². The first-order chi connectivity index (χ1) is 12.7. The zero-order valence-corrected chi connectivity index (χ0v) is 15.3. The Morgan fingerprint density at radius 3 is 2.26 bits per heavy atom. The van der Waals surface area contributed by atoms with E-state index in [9.17, 15) is 22.8 Å². The first kappa shape index (κ1) is 21.1. The van der Waals surface area contributed by atoms with Crippen LogP contribution in [0.15, 0.2) is 48.5 Å². The molecule has 3 amide bonds. The summed E-state index contributed by atoms with van der Waals surface area (Å²) < 4.78 is 37.2. The number of benzene rings is 2. The molecule has 0 heterocycles. The molecule has 0 saturated heterocycles. The molecule has 144 valence electrons. The molecule has 0 bridgehead atoms. The number of alkyl halides is 4. The number of rotatable bonds is 5. The molecule has 0 aliphatic rings. The van der Waals surface area contributed by atoms with E-state index < -0.39 is 23.5 Å². The van der Waals surface area contributed by atoms with E-state index in [-0.39, 0.29) is 23.4 Å². The Morgan fingerprint density at radius 2 is 1.67 bits per heavy atom. The lowest BCUT2D eigenvalue weighted by Crippen LogP contribution is -2.34. The Morgan fingerprint density at radius 1 is 1.04 bits per heavy atom. The number of hydrogen-bond acceptors (Lipinski definition) is 2. The van der Waals surface area contributed by atoms with Crippen molar-refractivity contribution in [2.45, 2.75) is 24.4 Å². The fraction of sp³-hybridized carbons (Fsp3) is 0.222. The van der Waals surface area contributed by atoms with Crippen molar-refractivity contribution in [3.63, 3.8) is 0 Å². The number of halogens is 5. The third-order valence-electron chi connectivity index (χ3n) is 3.60. The molecule has 2 aromatic carbocycles. The van der Waals surface area contributed by atoms with Crippen molar-refractivity contribution >= 4 is 40.8 Å². The molecule has 4 nitrogen and oxygen atoms in total. The molecular formula is C18H15Cl2F3N2O2. The number of carbonyl (C=O) groups excluding carboxylic acids is 2. The van der Waals surface area contributed by atoms with Crippen LogP contribution in [0.1, 0.15) is 22.3 Å².